The second-order valence-electron chi connectivity index (χ2n) is 3.56. The molecule has 106 valence electrons. The molecule has 0 aliphatic carbocycles. The number of nitrogens with two attached hydrogens (primary N) is 1. The molecule has 9 heteroatoms. The van der Waals surface area contributed by atoms with E-state index in [0.717, 1.165) is 0 Å². The van der Waals surface area contributed by atoms with Crippen molar-refractivity contribution in [3.05, 3.63) is 0 Å². The zero-order valence-electron chi connectivity index (χ0n) is 10.4. The van der Waals surface area contributed by atoms with Gasteiger partial charge in [-0.15, -0.1) is 0 Å². The van der Waals surface area contributed by atoms with Crippen molar-refractivity contribution >= 4 is 30.0 Å². The van der Waals surface area contributed by atoms with Crippen LogP contribution in [-0.4, -0.2) is 43.1 Å². The van der Waals surface area contributed by atoms with Crippen LogP contribution in [0.15, 0.2) is 0 Å². The molecule has 0 aliphatic heterocycles. The number of hydrogen-bond acceptors (Lipinski definition) is 5. The molecule has 0 rings (SSSR count). The van der Waals surface area contributed by atoms with Crippen molar-refractivity contribution in [2.45, 2.75) is 25.3 Å². The summed E-state index contributed by atoms with van der Waals surface area (Å²) in [6.45, 7) is 0. The molecule has 0 aromatic rings. The number of rotatable bonds is 7. The molecule has 0 aromatic carbocycles. The summed E-state index contributed by atoms with van der Waals surface area (Å²) < 4.78 is 0. The Morgan fingerprint density at radius 1 is 1.26 bits per heavy atom. The molecule has 0 saturated heterocycles. The largest absolute Gasteiger partial charge is 0.370 e. The number of nitrogens with one attached hydrogen (secondary N) is 3. The molecule has 0 heterocycles. The van der Waals surface area contributed by atoms with E-state index in [0.29, 0.717) is 6.29 Å². The van der Waals surface area contributed by atoms with Crippen molar-refractivity contribution in [1.82, 2.24) is 16.0 Å². The number of carbonyl (C=O) groups excluding carboxylic acids is 5. The lowest BCUT2D eigenvalue weighted by Gasteiger charge is -2.16. The number of amides is 5. The fraction of sp³-hybridized carbons (Fsp3) is 0.500. The van der Waals surface area contributed by atoms with E-state index in [1.807, 2.05) is 5.32 Å². The Balaban J connectivity index is 4.41. The van der Waals surface area contributed by atoms with Crippen LogP contribution in [-0.2, 0) is 19.2 Å². The van der Waals surface area contributed by atoms with Crippen molar-refractivity contribution in [2.75, 3.05) is 7.05 Å². The Kier molecular flexibility index (Phi) is 7.50. The van der Waals surface area contributed by atoms with Crippen LogP contribution in [0, 0.1) is 0 Å². The van der Waals surface area contributed by atoms with E-state index in [4.69, 9.17) is 5.73 Å². The van der Waals surface area contributed by atoms with Gasteiger partial charge in [-0.1, -0.05) is 0 Å². The van der Waals surface area contributed by atoms with Gasteiger partial charge in [-0.2, -0.15) is 0 Å². The van der Waals surface area contributed by atoms with Gasteiger partial charge in [-0.25, -0.2) is 4.79 Å². The minimum absolute atomic E-state index is 0.00426. The van der Waals surface area contributed by atoms with Crippen LogP contribution in [0.5, 0.6) is 0 Å². The van der Waals surface area contributed by atoms with Gasteiger partial charge in [-0.05, 0) is 6.42 Å². The van der Waals surface area contributed by atoms with Crippen molar-refractivity contribution < 1.29 is 24.0 Å². The first-order valence-electron chi connectivity index (χ1n) is 5.44. The predicted molar refractivity (Wildman–Crippen MR) is 63.6 cm³/mol. The molecule has 5 N–H and O–H groups in total. The average Bonchev–Trinajstić information content (AvgIpc) is 2.33. The topological polar surface area (TPSA) is 147 Å². The molecule has 9 nitrogen and oxygen atoms in total. The highest BCUT2D eigenvalue weighted by atomic mass is 16.2. The van der Waals surface area contributed by atoms with E-state index in [2.05, 4.69) is 10.6 Å². The summed E-state index contributed by atoms with van der Waals surface area (Å²) in [5, 5.41) is 6.37. The second kappa shape index (κ2) is 8.61. The first-order chi connectivity index (χ1) is 8.90. The van der Waals surface area contributed by atoms with Crippen molar-refractivity contribution in [3.8, 4) is 0 Å². The first-order valence-corrected chi connectivity index (χ1v) is 5.44. The Morgan fingerprint density at radius 2 is 1.89 bits per heavy atom. The maximum absolute atomic E-state index is 11.4. The van der Waals surface area contributed by atoms with E-state index in [9.17, 15) is 24.0 Å². The molecule has 0 unspecified atom stereocenters. The fourth-order valence-electron chi connectivity index (χ4n) is 1.18. The zero-order chi connectivity index (χ0) is 14.8. The molecule has 0 spiro atoms. The minimum atomic E-state index is -0.999. The van der Waals surface area contributed by atoms with Crippen molar-refractivity contribution in [1.29, 1.82) is 0 Å². The van der Waals surface area contributed by atoms with Gasteiger partial charge < -0.3 is 21.2 Å². The number of carbonyl (C=O) groups is 5. The van der Waals surface area contributed by atoms with Crippen LogP contribution < -0.4 is 21.7 Å². The van der Waals surface area contributed by atoms with Crippen molar-refractivity contribution in [2.24, 2.45) is 5.73 Å². The Morgan fingerprint density at radius 3 is 2.37 bits per heavy atom. The van der Waals surface area contributed by atoms with E-state index in [1.54, 1.807) is 0 Å². The van der Waals surface area contributed by atoms with Gasteiger partial charge in [0.2, 0.25) is 17.7 Å². The lowest BCUT2D eigenvalue weighted by molar-refractivity contribution is -0.125. The van der Waals surface area contributed by atoms with E-state index in [-0.39, 0.29) is 12.8 Å². The van der Waals surface area contributed by atoms with Crippen LogP contribution in [0.3, 0.4) is 0 Å². The van der Waals surface area contributed by atoms with Crippen LogP contribution in [0.2, 0.25) is 0 Å². The van der Waals surface area contributed by atoms with Gasteiger partial charge in [0.05, 0.1) is 6.42 Å². The van der Waals surface area contributed by atoms with Gasteiger partial charge in [0.25, 0.3) is 0 Å². The number of aldehydes is 1. The number of urea groups is 1. The summed E-state index contributed by atoms with van der Waals surface area (Å²) in [6.07, 6.45) is -0.212. The highest BCUT2D eigenvalue weighted by molar-refractivity contribution is 6.00. The normalized spacial score (nSPS) is 11.0. The maximum Gasteiger partial charge on any atom is 0.322 e. The smallest absolute Gasteiger partial charge is 0.322 e. The van der Waals surface area contributed by atoms with Gasteiger partial charge in [0, 0.05) is 13.5 Å². The van der Waals surface area contributed by atoms with E-state index in [1.165, 1.54) is 7.05 Å². The number of primary amides is 1. The van der Waals surface area contributed by atoms with Gasteiger partial charge in [-0.3, -0.25) is 19.7 Å². The highest BCUT2D eigenvalue weighted by Gasteiger charge is 2.20. The van der Waals surface area contributed by atoms with Crippen LogP contribution in [0.4, 0.5) is 4.79 Å². The third-order valence-corrected chi connectivity index (χ3v) is 2.07. The first kappa shape index (κ1) is 16.6. The third-order valence-electron chi connectivity index (χ3n) is 2.07. The summed E-state index contributed by atoms with van der Waals surface area (Å²) in [6, 6.07) is -1.92. The Labute approximate surface area is 109 Å². The zero-order valence-corrected chi connectivity index (χ0v) is 10.4. The van der Waals surface area contributed by atoms with Crippen LogP contribution in [0.1, 0.15) is 19.3 Å². The lowest BCUT2D eigenvalue weighted by Crippen LogP contribution is -2.50. The monoisotopic (exact) mass is 272 g/mol. The minimum Gasteiger partial charge on any atom is -0.370 e. The highest BCUT2D eigenvalue weighted by Crippen LogP contribution is 1.97. The molecule has 0 saturated carbocycles. The molecule has 1 atom stereocenters. The number of hydrogen-bond donors (Lipinski definition) is 4. The third kappa shape index (κ3) is 7.47. The molecule has 5 amide bonds. The molecule has 0 bridgehead atoms. The quantitative estimate of drug-likeness (QED) is 0.306. The summed E-state index contributed by atoms with van der Waals surface area (Å²) in [5.74, 6) is -1.94. The maximum atomic E-state index is 11.4. The predicted octanol–water partition coefficient (Wildman–Crippen LogP) is -2.22. The van der Waals surface area contributed by atoms with Gasteiger partial charge >= 0.3 is 6.03 Å². The summed E-state index contributed by atoms with van der Waals surface area (Å²) >= 11 is 0. The lowest BCUT2D eigenvalue weighted by atomic mass is 10.1. The molecular formula is C10H16N4O5. The fourth-order valence-corrected chi connectivity index (χ4v) is 1.18. The molecule has 0 aliphatic rings. The molecule has 0 fully saturated rings. The Hall–Kier alpha value is -2.45. The summed E-state index contributed by atoms with van der Waals surface area (Å²) in [4.78, 5) is 54.4. The van der Waals surface area contributed by atoms with Crippen LogP contribution in [0.25, 0.3) is 0 Å². The Bertz CT molecular complexity index is 382. The number of imide groups is 1. The van der Waals surface area contributed by atoms with Crippen molar-refractivity contribution in [3.63, 3.8) is 0 Å². The van der Waals surface area contributed by atoms with Gasteiger partial charge in [0.1, 0.15) is 12.3 Å². The van der Waals surface area contributed by atoms with E-state index < -0.39 is 36.2 Å². The van der Waals surface area contributed by atoms with Gasteiger partial charge in [0.15, 0.2) is 0 Å². The second-order valence-corrected chi connectivity index (χ2v) is 3.56. The summed E-state index contributed by atoms with van der Waals surface area (Å²) in [5.41, 5.74) is 4.94. The number of likely N-dealkylation sites (N-methyl/N-ethyl adjacent to an activating group) is 1. The van der Waals surface area contributed by atoms with Crippen LogP contribution >= 0.6 is 0 Å². The summed E-state index contributed by atoms with van der Waals surface area (Å²) in [7, 11) is 1.36. The standard InChI is InChI=1S/C10H16N4O5/c1-12-9(18)6(2-3-7(11)16)13-10(19)14-8(17)4-5-15/h5-6H,2-4H2,1H3,(H2,11,16)(H,12,18)(H2,13,14,17,19)/t6-/m0/s1. The molecule has 0 radical (unpaired) electrons. The average molecular weight is 272 g/mol. The van der Waals surface area contributed by atoms with E-state index >= 15 is 0 Å². The SMILES string of the molecule is CNC(=O)[C@H](CCC(N)=O)NC(=O)NC(=O)CC=O. The molecule has 19 heavy (non-hydrogen) atoms. The molecule has 0 aromatic heterocycles. The molecular weight excluding hydrogens is 256 g/mol.